The number of fused-ring (bicyclic) bond motifs is 3. The highest BCUT2D eigenvalue weighted by Crippen LogP contribution is 2.33. The van der Waals surface area contributed by atoms with E-state index in [-0.39, 0.29) is 24.2 Å². The van der Waals surface area contributed by atoms with Crippen LogP contribution < -0.4 is 5.32 Å². The second-order valence-electron chi connectivity index (χ2n) is 3.31. The van der Waals surface area contributed by atoms with Crippen LogP contribution in [-0.2, 0) is 0 Å². The molecule has 15 heavy (non-hydrogen) atoms. The number of hydrogen-bond acceptors (Lipinski definition) is 1. The number of nitrogens with one attached hydrogen (secondary N) is 1. The minimum atomic E-state index is -0.218. The quantitative estimate of drug-likeness (QED) is 0.678. The van der Waals surface area contributed by atoms with Gasteiger partial charge in [-0.15, -0.1) is 0 Å². The van der Waals surface area contributed by atoms with Gasteiger partial charge < -0.3 is 5.32 Å². The third-order valence-corrected chi connectivity index (χ3v) is 2.41. The average Bonchev–Trinajstić information content (AvgIpc) is 2.62. The molecule has 0 saturated heterocycles. The molecule has 1 aliphatic rings. The fourth-order valence-electron chi connectivity index (χ4n) is 1.71. The Balaban J connectivity index is 2.45. The first kappa shape index (κ1) is 5.17. The molecule has 0 aliphatic carbocycles. The van der Waals surface area contributed by atoms with Gasteiger partial charge in [0.2, 0.25) is 0 Å². The van der Waals surface area contributed by atoms with E-state index in [2.05, 4.69) is 5.32 Å². The number of para-hydroxylation sites is 1. The van der Waals surface area contributed by atoms with Crippen molar-refractivity contribution in [2.24, 2.45) is 0 Å². The Kier molecular flexibility index (Phi) is 1.13. The molecule has 3 rings (SSSR count). The van der Waals surface area contributed by atoms with Gasteiger partial charge in [0.15, 0.2) is 0 Å². The van der Waals surface area contributed by atoms with E-state index in [1.807, 2.05) is 30.3 Å². The van der Waals surface area contributed by atoms with E-state index in [1.54, 1.807) is 6.20 Å². The molecular weight excluding hydrogens is 182 g/mol. The molecule has 1 heteroatoms. The molecule has 0 radical (unpaired) electrons. The molecule has 2 aromatic carbocycles. The van der Waals surface area contributed by atoms with E-state index in [1.165, 1.54) is 0 Å². The Morgan fingerprint density at radius 1 is 1.00 bits per heavy atom. The van der Waals surface area contributed by atoms with Crippen molar-refractivity contribution in [2.45, 2.75) is 0 Å². The Bertz CT molecular complexity index is 707. The molecule has 0 fully saturated rings. The van der Waals surface area contributed by atoms with Gasteiger partial charge in [0.1, 0.15) is 0 Å². The maximum absolute atomic E-state index is 8.08. The van der Waals surface area contributed by atoms with Crippen molar-refractivity contribution in [3.8, 4) is 11.1 Å². The van der Waals surface area contributed by atoms with Crippen LogP contribution in [0.1, 0.15) is 11.0 Å². The minimum absolute atomic E-state index is 0.0142. The molecular formula is C14H11N. The third-order valence-electron chi connectivity index (χ3n) is 2.41. The summed E-state index contributed by atoms with van der Waals surface area (Å²) >= 11 is 0. The lowest BCUT2D eigenvalue weighted by atomic mass is 9.99. The first-order valence-corrected chi connectivity index (χ1v) is 4.74. The molecule has 2 aromatic rings. The topological polar surface area (TPSA) is 12.0 Å². The molecule has 0 saturated carbocycles. The van der Waals surface area contributed by atoms with E-state index >= 15 is 0 Å². The van der Waals surface area contributed by atoms with Crippen LogP contribution in [0.5, 0.6) is 0 Å². The first-order chi connectivity index (χ1) is 9.11. The monoisotopic (exact) mass is 197 g/mol. The van der Waals surface area contributed by atoms with Crippen LogP contribution in [0.25, 0.3) is 17.2 Å². The van der Waals surface area contributed by atoms with Crippen molar-refractivity contribution in [3.05, 3.63) is 60.2 Å². The van der Waals surface area contributed by atoms with Crippen LogP contribution in [0, 0.1) is 0 Å². The van der Waals surface area contributed by atoms with E-state index in [0.717, 1.165) is 11.1 Å². The van der Waals surface area contributed by atoms with E-state index in [9.17, 15) is 0 Å². The van der Waals surface area contributed by atoms with Gasteiger partial charge in [-0.2, -0.15) is 0 Å². The normalized spacial score (nSPS) is 16.0. The van der Waals surface area contributed by atoms with Gasteiger partial charge in [-0.1, -0.05) is 42.4 Å². The van der Waals surface area contributed by atoms with Crippen LogP contribution in [0.3, 0.4) is 0 Å². The van der Waals surface area contributed by atoms with Gasteiger partial charge in [0.05, 0.1) is 5.48 Å². The summed E-state index contributed by atoms with van der Waals surface area (Å²) in [4.78, 5) is 0. The molecule has 1 heterocycles. The third kappa shape index (κ3) is 1.33. The van der Waals surface area contributed by atoms with Crippen LogP contribution in [0.15, 0.2) is 54.6 Å². The zero-order valence-corrected chi connectivity index (χ0v) is 7.96. The van der Waals surface area contributed by atoms with Gasteiger partial charge in [0, 0.05) is 17.5 Å². The second kappa shape index (κ2) is 3.28. The van der Waals surface area contributed by atoms with Crippen LogP contribution in [0.2, 0.25) is 0 Å². The summed E-state index contributed by atoms with van der Waals surface area (Å²) in [5, 5.41) is 2.96. The predicted molar refractivity (Wildman–Crippen MR) is 64.5 cm³/mol. The summed E-state index contributed by atoms with van der Waals surface area (Å²) in [6, 6.07) is 7.07. The fourth-order valence-corrected chi connectivity index (χ4v) is 1.71. The van der Waals surface area contributed by atoms with Crippen molar-refractivity contribution in [2.75, 3.05) is 5.32 Å². The molecule has 0 spiro atoms. The van der Waals surface area contributed by atoms with Gasteiger partial charge in [0.25, 0.3) is 0 Å². The molecule has 0 aromatic heterocycles. The molecule has 1 aliphatic heterocycles. The lowest BCUT2D eigenvalue weighted by molar-refractivity contribution is 1.58. The Morgan fingerprint density at radius 3 is 2.87 bits per heavy atom. The van der Waals surface area contributed by atoms with Gasteiger partial charge >= 0.3 is 0 Å². The molecule has 0 unspecified atom stereocenters. The van der Waals surface area contributed by atoms with Crippen molar-refractivity contribution in [1.82, 2.24) is 0 Å². The standard InChI is InChI=1S/C14H11N/c1-2-6-12-11(5-1)9-10-15-14-8-4-3-7-13(12)14/h1-10,15H/i3D,4D,7D,8D. The summed E-state index contributed by atoms with van der Waals surface area (Å²) < 4.78 is 31.6. The minimum Gasteiger partial charge on any atom is -0.361 e. The van der Waals surface area contributed by atoms with Crippen LogP contribution in [-0.4, -0.2) is 0 Å². The van der Waals surface area contributed by atoms with Gasteiger partial charge in [-0.3, -0.25) is 0 Å². The lowest BCUT2D eigenvalue weighted by Gasteiger charge is -2.08. The van der Waals surface area contributed by atoms with Crippen LogP contribution >= 0.6 is 0 Å². The van der Waals surface area contributed by atoms with Crippen molar-refractivity contribution in [1.29, 1.82) is 0 Å². The Hall–Kier alpha value is -2.02. The molecule has 1 N–H and O–H groups in total. The summed E-state index contributed by atoms with van der Waals surface area (Å²) in [5.74, 6) is 0. The number of anilines is 1. The van der Waals surface area contributed by atoms with Gasteiger partial charge in [-0.25, -0.2) is 0 Å². The number of rotatable bonds is 0. The van der Waals surface area contributed by atoms with Crippen LogP contribution in [0.4, 0.5) is 5.69 Å². The van der Waals surface area contributed by atoms with E-state index in [4.69, 9.17) is 5.48 Å². The number of benzene rings is 2. The maximum atomic E-state index is 8.08. The summed E-state index contributed by atoms with van der Waals surface area (Å²) in [5.41, 5.74) is 2.68. The van der Waals surface area contributed by atoms with E-state index < -0.39 is 0 Å². The Morgan fingerprint density at radius 2 is 1.87 bits per heavy atom. The van der Waals surface area contributed by atoms with Crippen molar-refractivity contribution in [3.63, 3.8) is 0 Å². The second-order valence-corrected chi connectivity index (χ2v) is 3.31. The zero-order chi connectivity index (χ0) is 13.6. The van der Waals surface area contributed by atoms with E-state index in [0.29, 0.717) is 11.3 Å². The Labute approximate surface area is 94.7 Å². The first-order valence-electron chi connectivity index (χ1n) is 6.74. The highest BCUT2D eigenvalue weighted by Gasteiger charge is 2.08. The highest BCUT2D eigenvalue weighted by molar-refractivity contribution is 5.86. The molecule has 1 nitrogen and oxygen atoms in total. The molecule has 72 valence electrons. The van der Waals surface area contributed by atoms with Crippen molar-refractivity contribution < 1.29 is 5.48 Å². The van der Waals surface area contributed by atoms with Gasteiger partial charge in [-0.05, 0) is 23.2 Å². The predicted octanol–water partition coefficient (Wildman–Crippen LogP) is 3.75. The zero-order valence-electron chi connectivity index (χ0n) is 12.0. The summed E-state index contributed by atoms with van der Waals surface area (Å²) in [7, 11) is 0. The molecule has 0 bridgehead atoms. The van der Waals surface area contributed by atoms with Crippen molar-refractivity contribution >= 4 is 11.8 Å². The SMILES string of the molecule is [2H]c1c([2H])c([2H])c2c(c1[2H])NC=Cc1ccccc1-2. The molecule has 0 amide bonds. The average molecular weight is 197 g/mol. The summed E-state index contributed by atoms with van der Waals surface area (Å²) in [6.45, 7) is 0. The lowest BCUT2D eigenvalue weighted by Crippen LogP contribution is -1.87. The smallest absolute Gasteiger partial charge is 0.0645 e. The molecule has 0 atom stereocenters. The highest BCUT2D eigenvalue weighted by atomic mass is 14.8. The largest absolute Gasteiger partial charge is 0.361 e. The summed E-state index contributed by atoms with van der Waals surface area (Å²) in [6.07, 6.45) is 3.56. The number of hydrogen-bond donors (Lipinski definition) is 1. The maximum Gasteiger partial charge on any atom is 0.0645 e. The fraction of sp³-hybridized carbons (Fsp3) is 0.